The van der Waals surface area contributed by atoms with Crippen LogP contribution in [-0.4, -0.2) is 46.8 Å². The summed E-state index contributed by atoms with van der Waals surface area (Å²) < 4.78 is 5.03. The molecule has 1 saturated heterocycles. The highest BCUT2D eigenvalue weighted by Gasteiger charge is 2.42. The zero-order valence-corrected chi connectivity index (χ0v) is 12.0. The fourth-order valence-electron chi connectivity index (χ4n) is 3.16. The van der Waals surface area contributed by atoms with Gasteiger partial charge < -0.3 is 14.7 Å². The van der Waals surface area contributed by atoms with Crippen molar-refractivity contribution in [2.75, 3.05) is 26.2 Å². The number of rotatable bonds is 4. The molecule has 2 heterocycles. The molecule has 1 N–H and O–H groups in total. The molecule has 19 heavy (non-hydrogen) atoms. The van der Waals surface area contributed by atoms with Gasteiger partial charge >= 0.3 is 0 Å². The van der Waals surface area contributed by atoms with Crippen molar-refractivity contribution in [3.05, 3.63) is 11.7 Å². The predicted molar refractivity (Wildman–Crippen MR) is 72.9 cm³/mol. The summed E-state index contributed by atoms with van der Waals surface area (Å²) in [5.74, 6) is 2.37. The van der Waals surface area contributed by atoms with Gasteiger partial charge in [-0.15, -0.1) is 0 Å². The van der Waals surface area contributed by atoms with Crippen LogP contribution in [0.3, 0.4) is 0 Å². The highest BCUT2D eigenvalue weighted by atomic mass is 16.5. The van der Waals surface area contributed by atoms with E-state index in [1.54, 1.807) is 0 Å². The van der Waals surface area contributed by atoms with E-state index in [1.807, 2.05) is 6.92 Å². The van der Waals surface area contributed by atoms with Crippen molar-refractivity contribution in [3.63, 3.8) is 0 Å². The maximum Gasteiger partial charge on any atom is 0.223 e. The number of hydrogen-bond acceptors (Lipinski definition) is 5. The Balaban J connectivity index is 1.57. The van der Waals surface area contributed by atoms with Gasteiger partial charge in [0.15, 0.2) is 5.82 Å². The SMILES string of the molecule is Cc1nc(CCN2CCCNC(C)(C3CC3)C2)no1. The van der Waals surface area contributed by atoms with Gasteiger partial charge in [-0.1, -0.05) is 5.16 Å². The molecule has 106 valence electrons. The molecule has 0 radical (unpaired) electrons. The van der Waals surface area contributed by atoms with Crippen LogP contribution in [0.25, 0.3) is 0 Å². The summed E-state index contributed by atoms with van der Waals surface area (Å²) in [5, 5.41) is 7.74. The van der Waals surface area contributed by atoms with Gasteiger partial charge in [0, 0.05) is 32.0 Å². The Bertz CT molecular complexity index is 429. The van der Waals surface area contributed by atoms with Crippen LogP contribution >= 0.6 is 0 Å². The minimum atomic E-state index is 0.309. The van der Waals surface area contributed by atoms with Gasteiger partial charge in [-0.3, -0.25) is 0 Å². The van der Waals surface area contributed by atoms with Crippen LogP contribution in [0, 0.1) is 12.8 Å². The Morgan fingerprint density at radius 3 is 3.00 bits per heavy atom. The van der Waals surface area contributed by atoms with Gasteiger partial charge in [0.05, 0.1) is 0 Å². The first kappa shape index (κ1) is 13.1. The molecule has 0 amide bonds. The molecule has 0 bridgehead atoms. The Labute approximate surface area is 114 Å². The van der Waals surface area contributed by atoms with Crippen molar-refractivity contribution in [1.29, 1.82) is 0 Å². The minimum Gasteiger partial charge on any atom is -0.340 e. The zero-order valence-electron chi connectivity index (χ0n) is 12.0. The summed E-state index contributed by atoms with van der Waals surface area (Å²) in [5.41, 5.74) is 0.309. The number of aryl methyl sites for hydroxylation is 1. The Morgan fingerprint density at radius 1 is 1.47 bits per heavy atom. The third-order valence-electron chi connectivity index (χ3n) is 4.43. The smallest absolute Gasteiger partial charge is 0.223 e. The zero-order chi connectivity index (χ0) is 13.3. The van der Waals surface area contributed by atoms with Gasteiger partial charge in [0.25, 0.3) is 0 Å². The van der Waals surface area contributed by atoms with Crippen LogP contribution in [0.5, 0.6) is 0 Å². The van der Waals surface area contributed by atoms with Crippen LogP contribution in [0.2, 0.25) is 0 Å². The van der Waals surface area contributed by atoms with Crippen LogP contribution in [0.15, 0.2) is 4.52 Å². The van der Waals surface area contributed by atoms with Crippen molar-refractivity contribution in [2.24, 2.45) is 5.92 Å². The molecule has 1 aliphatic heterocycles. The lowest BCUT2D eigenvalue weighted by molar-refractivity contribution is 0.201. The largest absolute Gasteiger partial charge is 0.340 e. The van der Waals surface area contributed by atoms with Crippen molar-refractivity contribution in [1.82, 2.24) is 20.4 Å². The Morgan fingerprint density at radius 2 is 2.32 bits per heavy atom. The molecule has 5 nitrogen and oxygen atoms in total. The molecule has 1 saturated carbocycles. The van der Waals surface area contributed by atoms with E-state index in [-0.39, 0.29) is 0 Å². The first-order valence-electron chi connectivity index (χ1n) is 7.42. The average Bonchev–Trinajstić information content (AvgIpc) is 3.17. The quantitative estimate of drug-likeness (QED) is 0.890. The van der Waals surface area contributed by atoms with Gasteiger partial charge in [0.1, 0.15) is 0 Å². The maximum absolute atomic E-state index is 5.03. The topological polar surface area (TPSA) is 54.2 Å². The van der Waals surface area contributed by atoms with Gasteiger partial charge in [0.2, 0.25) is 5.89 Å². The normalized spacial score (nSPS) is 29.4. The minimum absolute atomic E-state index is 0.309. The van der Waals surface area contributed by atoms with E-state index in [4.69, 9.17) is 4.52 Å². The molecular formula is C14H24N4O. The van der Waals surface area contributed by atoms with E-state index in [9.17, 15) is 0 Å². The number of nitrogens with one attached hydrogen (secondary N) is 1. The first-order chi connectivity index (χ1) is 9.16. The summed E-state index contributed by atoms with van der Waals surface area (Å²) in [6.45, 7) is 8.73. The van der Waals surface area contributed by atoms with Gasteiger partial charge in [-0.05, 0) is 45.2 Å². The second-order valence-corrected chi connectivity index (χ2v) is 6.23. The predicted octanol–water partition coefficient (Wildman–Crippen LogP) is 1.38. The van der Waals surface area contributed by atoms with E-state index < -0.39 is 0 Å². The highest BCUT2D eigenvalue weighted by Crippen LogP contribution is 2.40. The van der Waals surface area contributed by atoms with E-state index in [1.165, 1.54) is 25.8 Å². The molecule has 1 atom stereocenters. The van der Waals surface area contributed by atoms with Crippen molar-refractivity contribution in [3.8, 4) is 0 Å². The molecule has 1 aromatic heterocycles. The van der Waals surface area contributed by atoms with Crippen molar-refractivity contribution < 1.29 is 4.52 Å². The molecular weight excluding hydrogens is 240 g/mol. The first-order valence-corrected chi connectivity index (χ1v) is 7.42. The molecule has 1 aliphatic carbocycles. The molecule has 3 rings (SSSR count). The lowest BCUT2D eigenvalue weighted by atomic mass is 9.95. The number of nitrogens with zero attached hydrogens (tertiary/aromatic N) is 3. The van der Waals surface area contributed by atoms with E-state index >= 15 is 0 Å². The van der Waals surface area contributed by atoms with E-state index in [0.29, 0.717) is 11.4 Å². The summed E-state index contributed by atoms with van der Waals surface area (Å²) in [6.07, 6.45) is 4.90. The number of hydrogen-bond donors (Lipinski definition) is 1. The van der Waals surface area contributed by atoms with Crippen LogP contribution in [-0.2, 0) is 6.42 Å². The summed E-state index contributed by atoms with van der Waals surface area (Å²) >= 11 is 0. The van der Waals surface area contributed by atoms with Crippen molar-refractivity contribution in [2.45, 2.75) is 45.1 Å². The standard InChI is InChI=1S/C14H24N4O/c1-11-16-13(17-19-11)6-9-18-8-3-7-15-14(2,10-18)12-4-5-12/h12,15H,3-10H2,1-2H3. The highest BCUT2D eigenvalue weighted by molar-refractivity contribution is 5.01. The molecule has 0 spiro atoms. The lowest BCUT2D eigenvalue weighted by Gasteiger charge is -2.33. The summed E-state index contributed by atoms with van der Waals surface area (Å²) in [4.78, 5) is 6.84. The lowest BCUT2D eigenvalue weighted by Crippen LogP contribution is -2.51. The maximum atomic E-state index is 5.03. The molecule has 1 unspecified atom stereocenters. The third-order valence-corrected chi connectivity index (χ3v) is 4.43. The van der Waals surface area contributed by atoms with E-state index in [0.717, 1.165) is 37.8 Å². The third kappa shape index (κ3) is 3.15. The molecule has 2 aliphatic rings. The average molecular weight is 264 g/mol. The number of aromatic nitrogens is 2. The second kappa shape index (κ2) is 5.21. The fourth-order valence-corrected chi connectivity index (χ4v) is 3.16. The Kier molecular flexibility index (Phi) is 3.58. The molecule has 5 heteroatoms. The van der Waals surface area contributed by atoms with Crippen LogP contribution < -0.4 is 5.32 Å². The van der Waals surface area contributed by atoms with Crippen LogP contribution in [0.1, 0.15) is 37.9 Å². The molecule has 2 fully saturated rings. The summed E-state index contributed by atoms with van der Waals surface area (Å²) in [6, 6.07) is 0. The van der Waals surface area contributed by atoms with E-state index in [2.05, 4.69) is 27.3 Å². The van der Waals surface area contributed by atoms with Gasteiger partial charge in [-0.25, -0.2) is 0 Å². The van der Waals surface area contributed by atoms with Crippen molar-refractivity contribution >= 4 is 0 Å². The Hall–Kier alpha value is -0.940. The molecule has 1 aromatic rings. The van der Waals surface area contributed by atoms with Gasteiger partial charge in [-0.2, -0.15) is 4.98 Å². The monoisotopic (exact) mass is 264 g/mol. The van der Waals surface area contributed by atoms with Crippen LogP contribution in [0.4, 0.5) is 0 Å². The molecule has 0 aromatic carbocycles. The summed E-state index contributed by atoms with van der Waals surface area (Å²) in [7, 11) is 0. The second-order valence-electron chi connectivity index (χ2n) is 6.23. The fraction of sp³-hybridized carbons (Fsp3) is 0.857.